The fourth-order valence-corrected chi connectivity index (χ4v) is 1.81. The smallest absolute Gasteiger partial charge is 0.221 e. The molecule has 0 aromatic rings. The minimum absolute atomic E-state index is 0.00328. The molecule has 2 N–H and O–H groups in total. The number of carbonyl (C=O) groups excluding carboxylic acids is 1. The molecule has 0 saturated carbocycles. The summed E-state index contributed by atoms with van der Waals surface area (Å²) in [5.74, 6) is -0.430. The van der Waals surface area contributed by atoms with Gasteiger partial charge >= 0.3 is 0 Å². The third kappa shape index (κ3) is 6.79. The third-order valence-corrected chi connectivity index (χ3v) is 3.53. The van der Waals surface area contributed by atoms with E-state index < -0.39 is 15.4 Å². The molecule has 0 aliphatic carbocycles. The topological polar surface area (TPSA) is 83.5 Å². The van der Waals surface area contributed by atoms with E-state index in [2.05, 4.69) is 5.32 Å². The fraction of sp³-hybridized carbons (Fsp3) is 0.900. The quantitative estimate of drug-likeness (QED) is 0.671. The maximum atomic E-state index is 11.5. The van der Waals surface area contributed by atoms with Crippen molar-refractivity contribution in [2.75, 3.05) is 18.6 Å². The molecule has 0 rings (SSSR count). The van der Waals surface area contributed by atoms with E-state index in [-0.39, 0.29) is 24.7 Å². The molecule has 1 unspecified atom stereocenters. The number of aliphatic hydroxyl groups is 1. The highest BCUT2D eigenvalue weighted by Gasteiger charge is 2.23. The van der Waals surface area contributed by atoms with Crippen molar-refractivity contribution in [3.63, 3.8) is 0 Å². The first-order valence-electron chi connectivity index (χ1n) is 5.32. The Morgan fingerprint density at radius 1 is 1.44 bits per heavy atom. The monoisotopic (exact) mass is 251 g/mol. The lowest BCUT2D eigenvalue weighted by Crippen LogP contribution is -2.46. The number of hydrogen-bond acceptors (Lipinski definition) is 4. The van der Waals surface area contributed by atoms with Crippen molar-refractivity contribution in [1.82, 2.24) is 5.32 Å². The highest BCUT2D eigenvalue weighted by Crippen LogP contribution is 2.13. The summed E-state index contributed by atoms with van der Waals surface area (Å²) >= 11 is 0. The van der Waals surface area contributed by atoms with E-state index in [1.54, 1.807) is 0 Å². The lowest BCUT2D eigenvalue weighted by atomic mass is 9.95. The Morgan fingerprint density at radius 3 is 2.38 bits per heavy atom. The first-order valence-corrected chi connectivity index (χ1v) is 7.38. The van der Waals surface area contributed by atoms with Gasteiger partial charge in [-0.3, -0.25) is 4.79 Å². The van der Waals surface area contributed by atoms with Crippen LogP contribution in [0.15, 0.2) is 0 Å². The van der Waals surface area contributed by atoms with Crippen LogP contribution in [-0.4, -0.2) is 43.6 Å². The van der Waals surface area contributed by atoms with Gasteiger partial charge in [-0.15, -0.1) is 0 Å². The van der Waals surface area contributed by atoms with Gasteiger partial charge in [0, 0.05) is 24.8 Å². The summed E-state index contributed by atoms with van der Waals surface area (Å²) in [4.78, 5) is 11.5. The van der Waals surface area contributed by atoms with E-state index in [1.165, 1.54) is 0 Å². The Kier molecular flexibility index (Phi) is 5.96. The Morgan fingerprint density at radius 2 is 2.00 bits per heavy atom. The predicted octanol–water partition coefficient (Wildman–Crippen LogP) is 0.0884. The van der Waals surface area contributed by atoms with Crippen LogP contribution in [0.4, 0.5) is 0 Å². The largest absolute Gasteiger partial charge is 0.396 e. The van der Waals surface area contributed by atoms with Crippen molar-refractivity contribution in [1.29, 1.82) is 0 Å². The average Bonchev–Trinajstić information content (AvgIpc) is 2.14. The number of hydrogen-bond donors (Lipinski definition) is 2. The van der Waals surface area contributed by atoms with Gasteiger partial charge in [-0.2, -0.15) is 0 Å². The number of sulfone groups is 1. The summed E-state index contributed by atoms with van der Waals surface area (Å²) in [5, 5.41) is 11.6. The highest BCUT2D eigenvalue weighted by molar-refractivity contribution is 7.90. The van der Waals surface area contributed by atoms with Crippen molar-refractivity contribution in [2.45, 2.75) is 38.6 Å². The molecule has 1 atom stereocenters. The van der Waals surface area contributed by atoms with Crippen molar-refractivity contribution < 1.29 is 18.3 Å². The van der Waals surface area contributed by atoms with E-state index in [0.29, 0.717) is 12.8 Å². The van der Waals surface area contributed by atoms with E-state index in [9.17, 15) is 13.2 Å². The molecule has 0 aliphatic heterocycles. The Bertz CT molecular complexity index is 326. The molecule has 0 saturated heterocycles. The van der Waals surface area contributed by atoms with Crippen molar-refractivity contribution in [2.24, 2.45) is 0 Å². The molecule has 5 nitrogen and oxygen atoms in total. The lowest BCUT2D eigenvalue weighted by Gasteiger charge is -2.28. The maximum Gasteiger partial charge on any atom is 0.221 e. The first kappa shape index (κ1) is 15.4. The average molecular weight is 251 g/mol. The van der Waals surface area contributed by atoms with Crippen LogP contribution in [0.25, 0.3) is 0 Å². The van der Waals surface area contributed by atoms with Gasteiger partial charge in [0.05, 0.1) is 5.75 Å². The highest BCUT2D eigenvalue weighted by atomic mass is 32.2. The van der Waals surface area contributed by atoms with Crippen molar-refractivity contribution in [3.8, 4) is 0 Å². The van der Waals surface area contributed by atoms with Crippen LogP contribution in [0, 0.1) is 0 Å². The van der Waals surface area contributed by atoms with Gasteiger partial charge in [0.2, 0.25) is 5.91 Å². The SMILES string of the molecule is CCC(C)(CCO)NC(=O)CCS(C)(=O)=O. The van der Waals surface area contributed by atoms with Gasteiger partial charge in [-0.1, -0.05) is 6.92 Å². The second kappa shape index (κ2) is 6.20. The molecular weight excluding hydrogens is 230 g/mol. The molecule has 96 valence electrons. The third-order valence-electron chi connectivity index (χ3n) is 2.59. The van der Waals surface area contributed by atoms with E-state index in [4.69, 9.17) is 5.11 Å². The van der Waals surface area contributed by atoms with Crippen LogP contribution >= 0.6 is 0 Å². The van der Waals surface area contributed by atoms with Gasteiger partial charge in [-0.25, -0.2) is 8.42 Å². The van der Waals surface area contributed by atoms with Gasteiger partial charge in [0.15, 0.2) is 0 Å². The normalized spacial score (nSPS) is 15.5. The zero-order valence-corrected chi connectivity index (χ0v) is 10.9. The maximum absolute atomic E-state index is 11.5. The summed E-state index contributed by atoms with van der Waals surface area (Å²) in [7, 11) is -3.10. The number of rotatable bonds is 7. The van der Waals surface area contributed by atoms with Crippen molar-refractivity contribution in [3.05, 3.63) is 0 Å². The minimum atomic E-state index is -3.10. The Labute approximate surface area is 97.2 Å². The molecule has 0 bridgehead atoms. The first-order chi connectivity index (χ1) is 7.22. The van der Waals surface area contributed by atoms with Crippen molar-refractivity contribution >= 4 is 15.7 Å². The molecular formula is C10H21NO4S. The molecule has 6 heteroatoms. The van der Waals surface area contributed by atoms with E-state index in [0.717, 1.165) is 6.26 Å². The molecule has 0 aromatic heterocycles. The molecule has 1 amide bonds. The number of nitrogens with one attached hydrogen (secondary N) is 1. The van der Waals surface area contributed by atoms with Crippen LogP contribution in [-0.2, 0) is 14.6 Å². The second-order valence-corrected chi connectivity index (χ2v) is 6.58. The molecule has 0 spiro atoms. The predicted molar refractivity (Wildman–Crippen MR) is 62.9 cm³/mol. The van der Waals surface area contributed by atoms with Gasteiger partial charge in [-0.05, 0) is 19.8 Å². The van der Waals surface area contributed by atoms with E-state index >= 15 is 0 Å². The van der Waals surface area contributed by atoms with Crippen LogP contribution in [0.5, 0.6) is 0 Å². The van der Waals surface area contributed by atoms with Crippen LogP contribution < -0.4 is 5.32 Å². The summed E-state index contributed by atoms with van der Waals surface area (Å²) in [6, 6.07) is 0. The zero-order valence-electron chi connectivity index (χ0n) is 10.1. The molecule has 0 fully saturated rings. The summed E-state index contributed by atoms with van der Waals surface area (Å²) < 4.78 is 21.8. The second-order valence-electron chi connectivity index (χ2n) is 4.32. The van der Waals surface area contributed by atoms with Gasteiger partial charge < -0.3 is 10.4 Å². The minimum Gasteiger partial charge on any atom is -0.396 e. The van der Waals surface area contributed by atoms with Crippen LogP contribution in [0.3, 0.4) is 0 Å². The Balaban J connectivity index is 4.21. The van der Waals surface area contributed by atoms with Crippen LogP contribution in [0.2, 0.25) is 0 Å². The Hall–Kier alpha value is -0.620. The zero-order chi connectivity index (χ0) is 12.8. The van der Waals surface area contributed by atoms with E-state index in [1.807, 2.05) is 13.8 Å². The summed E-state index contributed by atoms with van der Waals surface area (Å²) in [6.45, 7) is 3.74. The molecule has 0 radical (unpaired) electrons. The summed E-state index contributed by atoms with van der Waals surface area (Å²) in [6.07, 6.45) is 2.24. The molecule has 0 heterocycles. The number of aliphatic hydroxyl groups excluding tert-OH is 1. The molecule has 0 aromatic carbocycles. The van der Waals surface area contributed by atoms with Crippen LogP contribution in [0.1, 0.15) is 33.1 Å². The lowest BCUT2D eigenvalue weighted by molar-refractivity contribution is -0.122. The fourth-order valence-electron chi connectivity index (χ4n) is 1.25. The van der Waals surface area contributed by atoms with Gasteiger partial charge in [0.1, 0.15) is 9.84 Å². The number of amides is 1. The standard InChI is InChI=1S/C10H21NO4S/c1-4-10(2,6-7-12)11-9(13)5-8-16(3,14)15/h12H,4-8H2,1-3H3,(H,11,13). The summed E-state index contributed by atoms with van der Waals surface area (Å²) in [5.41, 5.74) is -0.455. The number of carbonyl (C=O) groups is 1. The van der Waals surface area contributed by atoms with Gasteiger partial charge in [0.25, 0.3) is 0 Å². The molecule has 0 aliphatic rings. The molecule has 16 heavy (non-hydrogen) atoms.